The molecular formula is C19H25ClFN3O3. The predicted octanol–water partition coefficient (Wildman–Crippen LogP) is 3.27. The van der Waals surface area contributed by atoms with Crippen molar-refractivity contribution in [2.75, 3.05) is 38.7 Å². The first-order valence-corrected chi connectivity index (χ1v) is 9.61. The highest BCUT2D eigenvalue weighted by molar-refractivity contribution is 6.31. The normalized spacial score (nSPS) is 20.9. The summed E-state index contributed by atoms with van der Waals surface area (Å²) in [7, 11) is 1.59. The number of nitrogens with one attached hydrogen (secondary N) is 2. The van der Waals surface area contributed by atoms with Crippen molar-refractivity contribution in [2.24, 2.45) is 11.3 Å². The van der Waals surface area contributed by atoms with Gasteiger partial charge < -0.3 is 20.3 Å². The fourth-order valence-electron chi connectivity index (χ4n) is 4.25. The van der Waals surface area contributed by atoms with Crippen LogP contribution in [0.4, 0.5) is 14.9 Å². The van der Waals surface area contributed by atoms with Crippen molar-refractivity contribution in [3.05, 3.63) is 29.0 Å². The van der Waals surface area contributed by atoms with E-state index >= 15 is 0 Å². The van der Waals surface area contributed by atoms with Crippen LogP contribution >= 0.6 is 11.6 Å². The van der Waals surface area contributed by atoms with Gasteiger partial charge in [0.15, 0.2) is 0 Å². The number of carbonyl (C=O) groups is 2. The quantitative estimate of drug-likeness (QED) is 0.749. The second-order valence-electron chi connectivity index (χ2n) is 7.35. The Morgan fingerprint density at radius 3 is 2.78 bits per heavy atom. The summed E-state index contributed by atoms with van der Waals surface area (Å²) in [6.45, 7) is 1.85. The number of rotatable bonds is 5. The minimum absolute atomic E-state index is 0.0194. The van der Waals surface area contributed by atoms with Gasteiger partial charge in [0.2, 0.25) is 5.91 Å². The number of methoxy groups -OCH3 is 1. The van der Waals surface area contributed by atoms with Gasteiger partial charge in [-0.25, -0.2) is 9.18 Å². The van der Waals surface area contributed by atoms with Gasteiger partial charge >= 0.3 is 6.03 Å². The van der Waals surface area contributed by atoms with Gasteiger partial charge in [-0.05, 0) is 31.0 Å². The maximum atomic E-state index is 13.3. The minimum atomic E-state index is -0.534. The van der Waals surface area contributed by atoms with E-state index in [1.807, 2.05) is 0 Å². The Bertz CT molecular complexity index is 709. The van der Waals surface area contributed by atoms with Crippen LogP contribution < -0.4 is 10.6 Å². The van der Waals surface area contributed by atoms with Gasteiger partial charge in [-0.2, -0.15) is 0 Å². The van der Waals surface area contributed by atoms with Crippen LogP contribution in [0.2, 0.25) is 5.02 Å². The maximum Gasteiger partial charge on any atom is 0.321 e. The lowest BCUT2D eigenvalue weighted by atomic mass is 9.76. The second-order valence-corrected chi connectivity index (χ2v) is 7.75. The smallest absolute Gasteiger partial charge is 0.321 e. The number of benzene rings is 1. The number of carbonyl (C=O) groups excluding carboxylic acids is 2. The van der Waals surface area contributed by atoms with Gasteiger partial charge in [-0.15, -0.1) is 0 Å². The molecular weight excluding hydrogens is 373 g/mol. The first-order valence-electron chi connectivity index (χ1n) is 9.23. The lowest BCUT2D eigenvalue weighted by Gasteiger charge is -2.28. The van der Waals surface area contributed by atoms with Crippen LogP contribution in [-0.4, -0.2) is 50.2 Å². The van der Waals surface area contributed by atoms with Crippen LogP contribution in [0.5, 0.6) is 0 Å². The van der Waals surface area contributed by atoms with Crippen LogP contribution in [0.3, 0.4) is 0 Å². The third-order valence-electron chi connectivity index (χ3n) is 5.63. The van der Waals surface area contributed by atoms with Gasteiger partial charge in [0.25, 0.3) is 0 Å². The monoisotopic (exact) mass is 397 g/mol. The molecule has 1 unspecified atom stereocenters. The molecule has 1 aromatic rings. The fourth-order valence-corrected chi connectivity index (χ4v) is 4.43. The molecule has 2 aliphatic rings. The number of nitrogens with zero attached hydrogens (tertiary/aromatic N) is 1. The molecule has 0 radical (unpaired) electrons. The average molecular weight is 398 g/mol. The molecule has 1 heterocycles. The van der Waals surface area contributed by atoms with E-state index in [0.717, 1.165) is 25.7 Å². The summed E-state index contributed by atoms with van der Waals surface area (Å²) < 4.78 is 18.3. The molecule has 8 heteroatoms. The Morgan fingerprint density at radius 1 is 1.37 bits per heavy atom. The van der Waals surface area contributed by atoms with E-state index < -0.39 is 5.82 Å². The highest BCUT2D eigenvalue weighted by atomic mass is 35.5. The molecule has 0 bridgehead atoms. The van der Waals surface area contributed by atoms with Gasteiger partial charge in [-0.1, -0.05) is 24.4 Å². The molecule has 27 heavy (non-hydrogen) atoms. The highest BCUT2D eigenvalue weighted by Gasteiger charge is 2.52. The Kier molecular flexibility index (Phi) is 6.22. The Labute approximate surface area is 163 Å². The zero-order chi connectivity index (χ0) is 19.4. The van der Waals surface area contributed by atoms with E-state index in [0.29, 0.717) is 31.9 Å². The Balaban J connectivity index is 1.68. The number of amides is 3. The minimum Gasteiger partial charge on any atom is -0.383 e. The number of ether oxygens (including phenoxy) is 1. The molecule has 1 atom stereocenters. The first kappa shape index (κ1) is 19.9. The molecule has 1 spiro atoms. The van der Waals surface area contributed by atoms with Gasteiger partial charge in [0.1, 0.15) is 5.82 Å². The summed E-state index contributed by atoms with van der Waals surface area (Å²) in [6, 6.07) is 3.77. The van der Waals surface area contributed by atoms with Crippen molar-refractivity contribution in [3.63, 3.8) is 0 Å². The van der Waals surface area contributed by atoms with Crippen LogP contribution in [0.15, 0.2) is 18.2 Å². The summed E-state index contributed by atoms with van der Waals surface area (Å²) >= 11 is 5.78. The van der Waals surface area contributed by atoms with Crippen molar-refractivity contribution in [1.29, 1.82) is 0 Å². The van der Waals surface area contributed by atoms with E-state index in [1.54, 1.807) is 12.0 Å². The summed E-state index contributed by atoms with van der Waals surface area (Å²) in [5.74, 6) is -0.776. The summed E-state index contributed by atoms with van der Waals surface area (Å²) in [6.07, 6.45) is 4.04. The van der Waals surface area contributed by atoms with Crippen molar-refractivity contribution < 1.29 is 18.7 Å². The Hall–Kier alpha value is -1.86. The standard InChI is InChI=1S/C19H25ClFN3O3/c1-27-9-8-22-17(25)14-11-24(12-19(14)6-2-3-7-19)18(26)23-13-4-5-16(21)15(20)10-13/h4-5,10,14H,2-3,6-9,11-12H2,1H3,(H,22,25)(H,23,26). The van der Waals surface area contributed by atoms with Crippen molar-refractivity contribution in [3.8, 4) is 0 Å². The lowest BCUT2D eigenvalue weighted by molar-refractivity contribution is -0.127. The van der Waals surface area contributed by atoms with Gasteiger partial charge in [-0.3, -0.25) is 4.79 Å². The zero-order valence-corrected chi connectivity index (χ0v) is 16.2. The summed E-state index contributed by atoms with van der Waals surface area (Å²) in [5.41, 5.74) is 0.273. The molecule has 1 aliphatic heterocycles. The molecule has 1 aromatic carbocycles. The van der Waals surface area contributed by atoms with Gasteiger partial charge in [0.05, 0.1) is 17.5 Å². The third kappa shape index (κ3) is 4.35. The highest BCUT2D eigenvalue weighted by Crippen LogP contribution is 2.49. The average Bonchev–Trinajstić information content (AvgIpc) is 3.26. The molecule has 6 nitrogen and oxygen atoms in total. The molecule has 1 aliphatic carbocycles. The molecule has 1 saturated heterocycles. The summed E-state index contributed by atoms with van der Waals surface area (Å²) in [4.78, 5) is 27.1. The maximum absolute atomic E-state index is 13.3. The largest absolute Gasteiger partial charge is 0.383 e. The number of halogens is 2. The van der Waals surface area contributed by atoms with E-state index in [4.69, 9.17) is 16.3 Å². The lowest BCUT2D eigenvalue weighted by Crippen LogP contribution is -2.41. The molecule has 3 rings (SSSR count). The third-order valence-corrected chi connectivity index (χ3v) is 5.92. The number of urea groups is 1. The van der Waals surface area contributed by atoms with E-state index in [1.165, 1.54) is 18.2 Å². The molecule has 148 valence electrons. The molecule has 0 aromatic heterocycles. The first-order chi connectivity index (χ1) is 12.9. The predicted molar refractivity (Wildman–Crippen MR) is 101 cm³/mol. The number of hydrogen-bond donors (Lipinski definition) is 2. The van der Waals surface area contributed by atoms with Crippen LogP contribution in [-0.2, 0) is 9.53 Å². The number of hydrogen-bond acceptors (Lipinski definition) is 3. The van der Waals surface area contributed by atoms with Crippen LogP contribution in [0, 0.1) is 17.2 Å². The SMILES string of the molecule is COCCNC(=O)C1CN(C(=O)Nc2ccc(F)c(Cl)c2)CC12CCCC2. The van der Waals surface area contributed by atoms with Gasteiger partial charge in [0, 0.05) is 37.8 Å². The van der Waals surface area contributed by atoms with E-state index in [2.05, 4.69) is 10.6 Å². The summed E-state index contributed by atoms with van der Waals surface area (Å²) in [5, 5.41) is 5.63. The Morgan fingerprint density at radius 2 is 2.11 bits per heavy atom. The van der Waals surface area contributed by atoms with Crippen LogP contribution in [0.25, 0.3) is 0 Å². The molecule has 3 amide bonds. The second kappa shape index (κ2) is 8.44. The molecule has 2 N–H and O–H groups in total. The zero-order valence-electron chi connectivity index (χ0n) is 15.4. The van der Waals surface area contributed by atoms with Crippen molar-refractivity contribution in [2.45, 2.75) is 25.7 Å². The number of likely N-dealkylation sites (tertiary alicyclic amines) is 1. The molecule has 1 saturated carbocycles. The van der Waals surface area contributed by atoms with Crippen LogP contribution in [0.1, 0.15) is 25.7 Å². The van der Waals surface area contributed by atoms with E-state index in [9.17, 15) is 14.0 Å². The van der Waals surface area contributed by atoms with Crippen molar-refractivity contribution >= 4 is 29.2 Å². The van der Waals surface area contributed by atoms with Crippen molar-refractivity contribution in [1.82, 2.24) is 10.2 Å². The number of anilines is 1. The molecule has 2 fully saturated rings. The van der Waals surface area contributed by atoms with E-state index in [-0.39, 0.29) is 28.3 Å². The fraction of sp³-hybridized carbons (Fsp3) is 0.579. The topological polar surface area (TPSA) is 70.7 Å².